The van der Waals surface area contributed by atoms with Gasteiger partial charge in [0, 0.05) is 41.4 Å². The molecule has 2 aromatic rings. The monoisotopic (exact) mass is 506 g/mol. The van der Waals surface area contributed by atoms with Crippen molar-refractivity contribution in [2.45, 2.75) is 51.6 Å². The van der Waals surface area contributed by atoms with Gasteiger partial charge in [0.2, 0.25) is 0 Å². The number of nitro groups is 1. The predicted octanol–water partition coefficient (Wildman–Crippen LogP) is 4.93. The van der Waals surface area contributed by atoms with Gasteiger partial charge in [-0.1, -0.05) is 18.2 Å². The zero-order valence-corrected chi connectivity index (χ0v) is 21.5. The maximum absolute atomic E-state index is 13.7. The minimum Gasteiger partial charge on any atom is -0.493 e. The summed E-state index contributed by atoms with van der Waals surface area (Å²) < 4.78 is 16.3. The third-order valence-electron chi connectivity index (χ3n) is 6.68. The van der Waals surface area contributed by atoms with Crippen molar-refractivity contribution in [3.05, 3.63) is 86.2 Å². The summed E-state index contributed by atoms with van der Waals surface area (Å²) in [6, 6.07) is 11.7. The van der Waals surface area contributed by atoms with Crippen LogP contribution in [0.1, 0.15) is 56.6 Å². The average molecular weight is 507 g/mol. The quantitative estimate of drug-likeness (QED) is 0.319. The zero-order valence-electron chi connectivity index (χ0n) is 21.5. The van der Waals surface area contributed by atoms with Crippen LogP contribution in [0.2, 0.25) is 0 Å². The second-order valence-electron chi connectivity index (χ2n) is 9.44. The number of methoxy groups -OCH3 is 2. The van der Waals surface area contributed by atoms with Gasteiger partial charge in [0.25, 0.3) is 5.69 Å². The first-order valence-electron chi connectivity index (χ1n) is 12.1. The van der Waals surface area contributed by atoms with Crippen LogP contribution in [0.5, 0.6) is 11.5 Å². The summed E-state index contributed by atoms with van der Waals surface area (Å²) in [4.78, 5) is 37.9. The summed E-state index contributed by atoms with van der Waals surface area (Å²) in [6.07, 6.45) is 0.365. The summed E-state index contributed by atoms with van der Waals surface area (Å²) in [7, 11) is 3.13. The molecule has 0 aromatic heterocycles. The topological polar surface area (TPSA) is 117 Å². The second kappa shape index (κ2) is 10.5. The first-order chi connectivity index (χ1) is 17.6. The molecule has 1 aliphatic carbocycles. The van der Waals surface area contributed by atoms with E-state index >= 15 is 0 Å². The number of carbonyl (C=O) groups is 2. The molecule has 9 nitrogen and oxygen atoms in total. The maximum Gasteiger partial charge on any atom is 0.337 e. The lowest BCUT2D eigenvalue weighted by Crippen LogP contribution is -2.36. The molecular weight excluding hydrogens is 476 g/mol. The molecule has 0 saturated heterocycles. The van der Waals surface area contributed by atoms with E-state index in [2.05, 4.69) is 5.32 Å². The van der Waals surface area contributed by atoms with Crippen molar-refractivity contribution in [3.63, 3.8) is 0 Å². The van der Waals surface area contributed by atoms with Crippen LogP contribution >= 0.6 is 0 Å². The number of nitrogens with one attached hydrogen (secondary N) is 1. The van der Waals surface area contributed by atoms with E-state index in [1.165, 1.54) is 12.1 Å². The Morgan fingerprint density at radius 3 is 2.43 bits per heavy atom. The van der Waals surface area contributed by atoms with Gasteiger partial charge in [0.1, 0.15) is 0 Å². The van der Waals surface area contributed by atoms with Gasteiger partial charge < -0.3 is 19.5 Å². The lowest BCUT2D eigenvalue weighted by Gasteiger charge is -2.37. The van der Waals surface area contributed by atoms with Gasteiger partial charge in [-0.25, -0.2) is 4.79 Å². The highest BCUT2D eigenvalue weighted by molar-refractivity contribution is 6.04. The number of hydrogen-bond acceptors (Lipinski definition) is 8. The Morgan fingerprint density at radius 2 is 1.78 bits per heavy atom. The molecule has 2 aromatic carbocycles. The van der Waals surface area contributed by atoms with Gasteiger partial charge in [0.05, 0.1) is 30.8 Å². The molecule has 1 N–H and O–H groups in total. The fourth-order valence-electron chi connectivity index (χ4n) is 5.08. The number of rotatable bonds is 7. The first-order valence-corrected chi connectivity index (χ1v) is 12.1. The normalized spacial score (nSPS) is 19.4. The fraction of sp³-hybridized carbons (Fsp3) is 0.357. The smallest absolute Gasteiger partial charge is 0.337 e. The van der Waals surface area contributed by atoms with Crippen LogP contribution in [-0.2, 0) is 14.3 Å². The molecule has 0 unspecified atom stereocenters. The number of nitro benzene ring substituents is 1. The Labute approximate surface area is 215 Å². The van der Waals surface area contributed by atoms with Crippen molar-refractivity contribution in [1.82, 2.24) is 5.32 Å². The van der Waals surface area contributed by atoms with Crippen molar-refractivity contribution in [2.75, 3.05) is 14.2 Å². The number of ether oxygens (including phenoxy) is 3. The lowest BCUT2D eigenvalue weighted by molar-refractivity contribution is -0.384. The number of non-ortho nitro benzene ring substituents is 1. The summed E-state index contributed by atoms with van der Waals surface area (Å²) in [5.74, 6) is -0.414. The van der Waals surface area contributed by atoms with E-state index in [1.54, 1.807) is 47.1 Å². The summed E-state index contributed by atoms with van der Waals surface area (Å²) >= 11 is 0. The van der Waals surface area contributed by atoms with Crippen molar-refractivity contribution in [1.29, 1.82) is 0 Å². The van der Waals surface area contributed by atoms with Gasteiger partial charge in [0.15, 0.2) is 17.3 Å². The van der Waals surface area contributed by atoms with E-state index in [0.717, 1.165) is 5.56 Å². The molecule has 1 heterocycles. The Hall–Kier alpha value is -4.14. The van der Waals surface area contributed by atoms with Gasteiger partial charge in [-0.05, 0) is 56.4 Å². The number of hydrogen-bond donors (Lipinski definition) is 1. The maximum atomic E-state index is 13.7. The van der Waals surface area contributed by atoms with Crippen LogP contribution < -0.4 is 14.8 Å². The van der Waals surface area contributed by atoms with Gasteiger partial charge >= 0.3 is 5.97 Å². The molecule has 0 amide bonds. The van der Waals surface area contributed by atoms with Crippen LogP contribution in [-0.4, -0.2) is 37.0 Å². The number of esters is 1. The number of dihydropyridines is 1. The molecule has 4 rings (SSSR count). The minimum absolute atomic E-state index is 0.112. The van der Waals surface area contributed by atoms with E-state index < -0.39 is 16.8 Å². The predicted molar refractivity (Wildman–Crippen MR) is 136 cm³/mol. The van der Waals surface area contributed by atoms with Gasteiger partial charge in [-0.15, -0.1) is 0 Å². The molecule has 0 bridgehead atoms. The third kappa shape index (κ3) is 5.07. The van der Waals surface area contributed by atoms with Gasteiger partial charge in [-0.2, -0.15) is 0 Å². The Balaban J connectivity index is 1.80. The largest absolute Gasteiger partial charge is 0.493 e. The Kier molecular flexibility index (Phi) is 7.33. The Bertz CT molecular complexity index is 1330. The molecule has 0 spiro atoms. The molecule has 0 radical (unpaired) electrons. The summed E-state index contributed by atoms with van der Waals surface area (Å²) in [5, 5.41) is 14.8. The second-order valence-corrected chi connectivity index (χ2v) is 9.44. The molecule has 37 heavy (non-hydrogen) atoms. The molecule has 2 atom stereocenters. The highest BCUT2D eigenvalue weighted by Crippen LogP contribution is 2.47. The lowest BCUT2D eigenvalue weighted by atomic mass is 9.71. The van der Waals surface area contributed by atoms with Crippen LogP contribution in [0.3, 0.4) is 0 Å². The molecule has 194 valence electrons. The van der Waals surface area contributed by atoms with E-state index in [1.807, 2.05) is 18.2 Å². The van der Waals surface area contributed by atoms with Crippen molar-refractivity contribution in [3.8, 4) is 11.5 Å². The SMILES string of the molecule is COc1ccc([C@H]2CC(=O)C3=C(C2)NC(C)=C(C(=O)OC(C)C)[C@H]3c2cccc([N+](=O)[O-])c2)cc1OC. The van der Waals surface area contributed by atoms with E-state index in [-0.39, 0.29) is 35.5 Å². The zero-order chi connectivity index (χ0) is 26.9. The van der Waals surface area contributed by atoms with Gasteiger partial charge in [-0.3, -0.25) is 14.9 Å². The number of ketones is 1. The van der Waals surface area contributed by atoms with E-state index in [0.29, 0.717) is 40.5 Å². The molecule has 2 aliphatic rings. The minimum atomic E-state index is -0.777. The highest BCUT2D eigenvalue weighted by Gasteiger charge is 2.42. The number of nitrogens with zero attached hydrogens (tertiary/aromatic N) is 1. The Morgan fingerprint density at radius 1 is 1.05 bits per heavy atom. The number of carbonyl (C=O) groups excluding carboxylic acids is 2. The fourth-order valence-corrected chi connectivity index (χ4v) is 5.08. The molecule has 9 heteroatoms. The van der Waals surface area contributed by atoms with Crippen LogP contribution in [0.15, 0.2) is 65.0 Å². The third-order valence-corrected chi connectivity index (χ3v) is 6.68. The first kappa shape index (κ1) is 25.9. The molecule has 0 fully saturated rings. The van der Waals surface area contributed by atoms with E-state index in [9.17, 15) is 19.7 Å². The van der Waals surface area contributed by atoms with Crippen LogP contribution in [0.4, 0.5) is 5.69 Å². The highest BCUT2D eigenvalue weighted by atomic mass is 16.6. The van der Waals surface area contributed by atoms with Crippen molar-refractivity contribution >= 4 is 17.4 Å². The van der Waals surface area contributed by atoms with Crippen molar-refractivity contribution < 1.29 is 28.7 Å². The summed E-state index contributed by atoms with van der Waals surface area (Å²) in [6.45, 7) is 5.25. The molecular formula is C28H30N2O7. The summed E-state index contributed by atoms with van der Waals surface area (Å²) in [5.41, 5.74) is 3.30. The standard InChI is InChI=1S/C28H30N2O7/c1-15(2)37-28(32)25-16(3)29-21-12-19(17-9-10-23(35-4)24(14-17)36-5)13-22(31)27(21)26(25)18-7-6-8-20(11-18)30(33)34/h6-11,14-15,19,26,29H,12-13H2,1-5H3/t19-,26-/m1/s1. The number of Topliss-reactive ketones (excluding diaryl/α,β-unsaturated/α-hetero) is 1. The molecule has 0 saturated carbocycles. The average Bonchev–Trinajstić information content (AvgIpc) is 2.86. The molecule has 1 aliphatic heterocycles. The van der Waals surface area contributed by atoms with Crippen molar-refractivity contribution in [2.24, 2.45) is 0 Å². The van der Waals surface area contributed by atoms with Crippen LogP contribution in [0, 0.1) is 10.1 Å². The van der Waals surface area contributed by atoms with E-state index in [4.69, 9.17) is 14.2 Å². The van der Waals surface area contributed by atoms with Crippen LogP contribution in [0.25, 0.3) is 0 Å². The number of allylic oxidation sites excluding steroid dienone is 3. The number of benzene rings is 2.